The third-order valence-electron chi connectivity index (χ3n) is 3.23. The van der Waals surface area contributed by atoms with Gasteiger partial charge in [0.1, 0.15) is 0 Å². The quantitative estimate of drug-likeness (QED) is 0.706. The molecule has 0 amide bonds. The van der Waals surface area contributed by atoms with Crippen LogP contribution in [-0.2, 0) is 6.54 Å². The van der Waals surface area contributed by atoms with Gasteiger partial charge >= 0.3 is 0 Å². The zero-order valence-corrected chi connectivity index (χ0v) is 13.2. The lowest BCUT2D eigenvalue weighted by Crippen LogP contribution is -1.99. The smallest absolute Gasteiger partial charge is 0.0231 e. The first-order valence-corrected chi connectivity index (χ1v) is 8.03. The van der Waals surface area contributed by atoms with Gasteiger partial charge in [-0.1, -0.05) is 64.1 Å². The van der Waals surface area contributed by atoms with Crippen LogP contribution in [0.4, 0.5) is 0 Å². The number of benzene rings is 3. The van der Waals surface area contributed by atoms with Gasteiger partial charge in [-0.05, 0) is 40.6 Å². The molecule has 3 aromatic rings. The Hall–Kier alpha value is -1.29. The Morgan fingerprint density at radius 1 is 0.900 bits per heavy atom. The number of nitrogens with two attached hydrogens (primary N) is 1. The fourth-order valence-electron chi connectivity index (χ4n) is 2.19. The Kier molecular flexibility index (Phi) is 4.10. The van der Waals surface area contributed by atoms with Crippen LogP contribution in [0.15, 0.2) is 74.9 Å². The molecule has 0 fully saturated rings. The van der Waals surface area contributed by atoms with Gasteiger partial charge in [-0.25, -0.2) is 0 Å². The van der Waals surface area contributed by atoms with E-state index in [1.54, 1.807) is 11.8 Å². The van der Waals surface area contributed by atoms with Crippen LogP contribution >= 0.6 is 27.7 Å². The minimum absolute atomic E-state index is 0.539. The molecule has 0 unspecified atom stereocenters. The predicted octanol–water partition coefficient (Wildman–Crippen LogP) is 5.21. The van der Waals surface area contributed by atoms with Gasteiger partial charge in [-0.15, -0.1) is 0 Å². The zero-order chi connectivity index (χ0) is 13.9. The average Bonchev–Trinajstić information content (AvgIpc) is 2.47. The summed E-state index contributed by atoms with van der Waals surface area (Å²) in [6.07, 6.45) is 0. The van der Waals surface area contributed by atoms with E-state index in [-0.39, 0.29) is 0 Å². The zero-order valence-electron chi connectivity index (χ0n) is 10.8. The van der Waals surface area contributed by atoms with Gasteiger partial charge in [0.25, 0.3) is 0 Å². The van der Waals surface area contributed by atoms with E-state index in [0.717, 1.165) is 10.0 Å². The van der Waals surface area contributed by atoms with Crippen LogP contribution in [-0.4, -0.2) is 0 Å². The van der Waals surface area contributed by atoms with Crippen molar-refractivity contribution >= 4 is 38.5 Å². The molecule has 0 aliphatic rings. The Balaban J connectivity index is 1.99. The Morgan fingerprint density at radius 3 is 2.50 bits per heavy atom. The average molecular weight is 344 g/mol. The highest BCUT2D eigenvalue weighted by Gasteiger charge is 2.07. The molecule has 0 radical (unpaired) electrons. The lowest BCUT2D eigenvalue weighted by atomic mass is 10.1. The Bertz CT molecular complexity index is 755. The standard InChI is InChI=1S/C17H14BrNS/c18-16-6-3-7-17(15(16)11-19)20-14-9-8-12-4-1-2-5-13(12)10-14/h1-10H,11,19H2. The molecule has 20 heavy (non-hydrogen) atoms. The van der Waals surface area contributed by atoms with E-state index >= 15 is 0 Å². The molecule has 0 heterocycles. The van der Waals surface area contributed by atoms with E-state index in [4.69, 9.17) is 5.73 Å². The summed E-state index contributed by atoms with van der Waals surface area (Å²) >= 11 is 5.32. The summed E-state index contributed by atoms with van der Waals surface area (Å²) < 4.78 is 1.07. The van der Waals surface area contributed by atoms with Gasteiger partial charge in [-0.2, -0.15) is 0 Å². The Labute approximate surface area is 131 Å². The van der Waals surface area contributed by atoms with Crippen molar-refractivity contribution in [1.82, 2.24) is 0 Å². The van der Waals surface area contributed by atoms with Crippen molar-refractivity contribution in [2.75, 3.05) is 0 Å². The number of fused-ring (bicyclic) bond motifs is 1. The molecular weight excluding hydrogens is 330 g/mol. The van der Waals surface area contributed by atoms with Crippen molar-refractivity contribution < 1.29 is 0 Å². The number of hydrogen-bond acceptors (Lipinski definition) is 2. The lowest BCUT2D eigenvalue weighted by molar-refractivity contribution is 1.02. The summed E-state index contributed by atoms with van der Waals surface area (Å²) in [6.45, 7) is 0.539. The van der Waals surface area contributed by atoms with Crippen molar-refractivity contribution in [3.8, 4) is 0 Å². The first kappa shape index (κ1) is 13.7. The number of halogens is 1. The van der Waals surface area contributed by atoms with Crippen LogP contribution in [0.5, 0.6) is 0 Å². The van der Waals surface area contributed by atoms with Gasteiger partial charge in [0, 0.05) is 20.8 Å². The highest BCUT2D eigenvalue weighted by Crippen LogP contribution is 2.34. The van der Waals surface area contributed by atoms with Crippen LogP contribution < -0.4 is 5.73 Å². The molecule has 0 bridgehead atoms. The van der Waals surface area contributed by atoms with Crippen LogP contribution in [0.1, 0.15) is 5.56 Å². The maximum absolute atomic E-state index is 5.85. The SMILES string of the molecule is NCc1c(Br)cccc1Sc1ccc2ccccc2c1. The highest BCUT2D eigenvalue weighted by atomic mass is 79.9. The molecular formula is C17H14BrNS. The molecule has 0 spiro atoms. The van der Waals surface area contributed by atoms with Gasteiger partial charge in [0.05, 0.1) is 0 Å². The minimum Gasteiger partial charge on any atom is -0.326 e. The first-order valence-electron chi connectivity index (χ1n) is 6.42. The second kappa shape index (κ2) is 6.00. The normalized spacial score (nSPS) is 10.9. The van der Waals surface area contributed by atoms with E-state index in [2.05, 4.69) is 64.5 Å². The highest BCUT2D eigenvalue weighted by molar-refractivity contribution is 9.10. The maximum atomic E-state index is 5.85. The van der Waals surface area contributed by atoms with Gasteiger partial charge in [-0.3, -0.25) is 0 Å². The molecule has 0 aromatic heterocycles. The van der Waals surface area contributed by atoms with Crippen molar-refractivity contribution in [2.45, 2.75) is 16.3 Å². The fraction of sp³-hybridized carbons (Fsp3) is 0.0588. The van der Waals surface area contributed by atoms with E-state index in [1.807, 2.05) is 12.1 Å². The summed E-state index contributed by atoms with van der Waals surface area (Å²) in [6, 6.07) is 21.2. The second-order valence-electron chi connectivity index (χ2n) is 4.53. The molecule has 1 nitrogen and oxygen atoms in total. The summed E-state index contributed by atoms with van der Waals surface area (Å²) in [5.74, 6) is 0. The minimum atomic E-state index is 0.539. The number of rotatable bonds is 3. The van der Waals surface area contributed by atoms with E-state index < -0.39 is 0 Å². The van der Waals surface area contributed by atoms with Crippen molar-refractivity contribution in [1.29, 1.82) is 0 Å². The second-order valence-corrected chi connectivity index (χ2v) is 6.50. The van der Waals surface area contributed by atoms with Gasteiger partial charge in [0.15, 0.2) is 0 Å². The van der Waals surface area contributed by atoms with Crippen molar-refractivity contribution in [3.63, 3.8) is 0 Å². The van der Waals surface area contributed by atoms with Gasteiger partial charge in [0.2, 0.25) is 0 Å². The fourth-order valence-corrected chi connectivity index (χ4v) is 3.89. The van der Waals surface area contributed by atoms with E-state index in [0.29, 0.717) is 6.54 Å². The molecule has 2 N–H and O–H groups in total. The largest absolute Gasteiger partial charge is 0.326 e. The Morgan fingerprint density at radius 2 is 1.70 bits per heavy atom. The third-order valence-corrected chi connectivity index (χ3v) is 5.06. The third kappa shape index (κ3) is 2.75. The molecule has 0 saturated carbocycles. The predicted molar refractivity (Wildman–Crippen MR) is 90.1 cm³/mol. The topological polar surface area (TPSA) is 26.0 Å². The molecule has 0 saturated heterocycles. The molecule has 3 aromatic carbocycles. The van der Waals surface area contributed by atoms with E-state index in [9.17, 15) is 0 Å². The van der Waals surface area contributed by atoms with Crippen LogP contribution in [0.2, 0.25) is 0 Å². The molecule has 100 valence electrons. The molecule has 3 heteroatoms. The molecule has 0 aliphatic carbocycles. The summed E-state index contributed by atoms with van der Waals surface area (Å²) in [5, 5.41) is 2.53. The van der Waals surface area contributed by atoms with Crippen LogP contribution in [0.3, 0.4) is 0 Å². The molecule has 0 atom stereocenters. The molecule has 0 aliphatic heterocycles. The molecule has 3 rings (SSSR count). The van der Waals surface area contributed by atoms with Crippen LogP contribution in [0, 0.1) is 0 Å². The first-order chi connectivity index (χ1) is 9.78. The summed E-state index contributed by atoms with van der Waals surface area (Å²) in [7, 11) is 0. The van der Waals surface area contributed by atoms with Gasteiger partial charge < -0.3 is 5.73 Å². The summed E-state index contributed by atoms with van der Waals surface area (Å²) in [4.78, 5) is 2.44. The summed E-state index contributed by atoms with van der Waals surface area (Å²) in [5.41, 5.74) is 7.01. The van der Waals surface area contributed by atoms with E-state index in [1.165, 1.54) is 20.6 Å². The van der Waals surface area contributed by atoms with Crippen molar-refractivity contribution in [3.05, 3.63) is 70.7 Å². The number of hydrogen-bond donors (Lipinski definition) is 1. The van der Waals surface area contributed by atoms with Crippen LogP contribution in [0.25, 0.3) is 10.8 Å². The van der Waals surface area contributed by atoms with Crippen molar-refractivity contribution in [2.24, 2.45) is 5.73 Å². The monoisotopic (exact) mass is 343 g/mol. The maximum Gasteiger partial charge on any atom is 0.0231 e. The lowest BCUT2D eigenvalue weighted by Gasteiger charge is -2.10.